The van der Waals surface area contributed by atoms with Gasteiger partial charge in [0.25, 0.3) is 0 Å². The maximum Gasteiger partial charge on any atom is 0.337 e. The summed E-state index contributed by atoms with van der Waals surface area (Å²) < 4.78 is 0. The molecule has 0 aliphatic rings. The number of benzene rings is 1. The summed E-state index contributed by atoms with van der Waals surface area (Å²) in [5, 5.41) is 8.49. The van der Waals surface area contributed by atoms with Crippen LogP contribution in [0.1, 0.15) is 10.4 Å². The number of nitrogen functional groups attached to an aromatic ring is 1. The van der Waals surface area contributed by atoms with E-state index < -0.39 is 5.97 Å². The molecule has 0 aliphatic carbocycles. The maximum absolute atomic E-state index is 10.3. The molecule has 1 rings (SSSR count). The molecular formula is C7H7NNa2O2. The summed E-state index contributed by atoms with van der Waals surface area (Å²) in [5.41, 5.74) is 5.80. The normalized spacial score (nSPS) is 7.67. The molecule has 1 aromatic carbocycles. The molecule has 3 nitrogen and oxygen atoms in total. The fraction of sp³-hybridized carbons (Fsp3) is 0. The Balaban J connectivity index is 0. The van der Waals surface area contributed by atoms with E-state index >= 15 is 0 Å². The predicted molar refractivity (Wildman–Crippen MR) is 49.3 cm³/mol. The zero-order chi connectivity index (χ0) is 7.56. The van der Waals surface area contributed by atoms with Crippen molar-refractivity contribution >= 4 is 70.8 Å². The van der Waals surface area contributed by atoms with Crippen LogP contribution in [0, 0.1) is 0 Å². The number of anilines is 1. The third kappa shape index (κ3) is 3.94. The van der Waals surface area contributed by atoms with Crippen LogP contribution in [0.5, 0.6) is 0 Å². The topological polar surface area (TPSA) is 63.3 Å². The van der Waals surface area contributed by atoms with Crippen LogP contribution >= 0.6 is 0 Å². The maximum atomic E-state index is 10.3. The van der Waals surface area contributed by atoms with Gasteiger partial charge in [-0.1, -0.05) is 12.1 Å². The van der Waals surface area contributed by atoms with E-state index in [2.05, 4.69) is 0 Å². The largest absolute Gasteiger partial charge is 0.478 e. The van der Waals surface area contributed by atoms with E-state index in [1.54, 1.807) is 18.2 Å². The first-order valence-corrected chi connectivity index (χ1v) is 2.79. The van der Waals surface area contributed by atoms with Crippen LogP contribution in [0.25, 0.3) is 0 Å². The molecule has 0 spiro atoms. The number of nitrogens with two attached hydrogens (primary N) is 1. The van der Waals surface area contributed by atoms with Crippen molar-refractivity contribution in [3.05, 3.63) is 29.8 Å². The van der Waals surface area contributed by atoms with Crippen LogP contribution in [0.4, 0.5) is 5.69 Å². The van der Waals surface area contributed by atoms with Gasteiger partial charge < -0.3 is 10.8 Å². The number of carboxylic acids is 1. The molecule has 0 saturated carbocycles. The van der Waals surface area contributed by atoms with Crippen molar-refractivity contribution in [2.45, 2.75) is 0 Å². The van der Waals surface area contributed by atoms with E-state index in [4.69, 9.17) is 10.8 Å². The summed E-state index contributed by atoms with van der Waals surface area (Å²) in [5.74, 6) is -0.988. The molecule has 0 saturated heterocycles. The van der Waals surface area contributed by atoms with E-state index in [1.807, 2.05) is 0 Å². The van der Waals surface area contributed by atoms with Crippen LogP contribution in [0.3, 0.4) is 0 Å². The number of para-hydroxylation sites is 1. The first kappa shape index (κ1) is 15.0. The summed E-state index contributed by atoms with van der Waals surface area (Å²) in [6.45, 7) is 0. The van der Waals surface area contributed by atoms with Gasteiger partial charge in [-0.05, 0) is 12.1 Å². The zero-order valence-electron chi connectivity index (χ0n) is 7.24. The van der Waals surface area contributed by atoms with E-state index in [-0.39, 0.29) is 64.7 Å². The Hall–Kier alpha value is 0.490. The van der Waals surface area contributed by atoms with Gasteiger partial charge in [0.1, 0.15) is 0 Å². The van der Waals surface area contributed by atoms with Crippen molar-refractivity contribution < 1.29 is 9.90 Å². The zero-order valence-corrected chi connectivity index (χ0v) is 11.2. The first-order chi connectivity index (χ1) is 4.72. The third-order valence-electron chi connectivity index (χ3n) is 1.19. The molecule has 12 heavy (non-hydrogen) atoms. The molecule has 0 aliphatic heterocycles. The second-order valence-corrected chi connectivity index (χ2v) is 1.89. The van der Waals surface area contributed by atoms with Gasteiger partial charge >= 0.3 is 5.97 Å². The molecule has 0 amide bonds. The molecule has 0 fully saturated rings. The third-order valence-corrected chi connectivity index (χ3v) is 1.19. The minimum atomic E-state index is -0.988. The molecule has 54 valence electrons. The molecular weight excluding hydrogens is 176 g/mol. The van der Waals surface area contributed by atoms with Crippen molar-refractivity contribution in [3.63, 3.8) is 0 Å². The number of hydrogen-bond acceptors (Lipinski definition) is 2. The van der Waals surface area contributed by atoms with Gasteiger partial charge in [-0.2, -0.15) is 0 Å². The Morgan fingerprint density at radius 1 is 1.25 bits per heavy atom. The Kier molecular flexibility index (Phi) is 8.68. The minimum absolute atomic E-state index is 0. The monoisotopic (exact) mass is 183 g/mol. The van der Waals surface area contributed by atoms with Crippen molar-refractivity contribution in [3.8, 4) is 0 Å². The van der Waals surface area contributed by atoms with Crippen LogP contribution < -0.4 is 5.73 Å². The molecule has 2 radical (unpaired) electrons. The molecule has 0 unspecified atom stereocenters. The van der Waals surface area contributed by atoms with E-state index in [0.717, 1.165) is 0 Å². The van der Waals surface area contributed by atoms with E-state index in [0.29, 0.717) is 5.69 Å². The van der Waals surface area contributed by atoms with E-state index in [9.17, 15) is 4.79 Å². The van der Waals surface area contributed by atoms with Gasteiger partial charge in [0, 0.05) is 64.8 Å². The minimum Gasteiger partial charge on any atom is -0.478 e. The molecule has 1 aromatic rings. The number of carbonyl (C=O) groups is 1. The van der Waals surface area contributed by atoms with Gasteiger partial charge in [0.05, 0.1) is 5.56 Å². The number of aromatic carboxylic acids is 1. The Morgan fingerprint density at radius 3 is 2.08 bits per heavy atom. The number of carboxylic acid groups (broad SMARTS) is 1. The first-order valence-electron chi connectivity index (χ1n) is 2.79. The van der Waals surface area contributed by atoms with Gasteiger partial charge in [-0.25, -0.2) is 4.79 Å². The Labute approximate surface area is 115 Å². The Bertz CT molecular complexity index is 265. The van der Waals surface area contributed by atoms with Crippen LogP contribution in [0.15, 0.2) is 24.3 Å². The predicted octanol–water partition coefficient (Wildman–Crippen LogP) is 0.205. The van der Waals surface area contributed by atoms with Crippen LogP contribution in [-0.2, 0) is 0 Å². The van der Waals surface area contributed by atoms with Crippen molar-refractivity contribution in [1.29, 1.82) is 0 Å². The van der Waals surface area contributed by atoms with Crippen molar-refractivity contribution in [2.24, 2.45) is 0 Å². The van der Waals surface area contributed by atoms with Gasteiger partial charge in [0.15, 0.2) is 0 Å². The molecule has 0 bridgehead atoms. The summed E-state index contributed by atoms with van der Waals surface area (Å²) in [6, 6.07) is 6.36. The fourth-order valence-corrected chi connectivity index (χ4v) is 0.692. The van der Waals surface area contributed by atoms with Gasteiger partial charge in [-0.3, -0.25) is 0 Å². The number of hydrogen-bond donors (Lipinski definition) is 2. The summed E-state index contributed by atoms with van der Waals surface area (Å²) in [7, 11) is 0. The fourth-order valence-electron chi connectivity index (χ4n) is 0.692. The van der Waals surface area contributed by atoms with Crippen molar-refractivity contribution in [1.82, 2.24) is 0 Å². The quantitative estimate of drug-likeness (QED) is 0.483. The average Bonchev–Trinajstić information content (AvgIpc) is 1.88. The molecule has 0 atom stereocenters. The summed E-state index contributed by atoms with van der Waals surface area (Å²) in [4.78, 5) is 10.3. The van der Waals surface area contributed by atoms with Gasteiger partial charge in [0.2, 0.25) is 0 Å². The molecule has 0 aromatic heterocycles. The van der Waals surface area contributed by atoms with E-state index in [1.165, 1.54) is 6.07 Å². The second-order valence-electron chi connectivity index (χ2n) is 1.89. The van der Waals surface area contributed by atoms with Crippen molar-refractivity contribution in [2.75, 3.05) is 5.73 Å². The molecule has 0 heterocycles. The Morgan fingerprint density at radius 2 is 1.75 bits per heavy atom. The SMILES string of the molecule is Nc1ccccc1C(=O)O.[Na].[Na]. The molecule has 3 N–H and O–H groups in total. The summed E-state index contributed by atoms with van der Waals surface area (Å²) in [6.07, 6.45) is 0. The number of rotatable bonds is 1. The molecule has 5 heteroatoms. The second kappa shape index (κ2) is 6.95. The van der Waals surface area contributed by atoms with Gasteiger partial charge in [-0.15, -0.1) is 0 Å². The van der Waals surface area contributed by atoms with Crippen LogP contribution in [-0.4, -0.2) is 70.2 Å². The van der Waals surface area contributed by atoms with Crippen LogP contribution in [0.2, 0.25) is 0 Å². The smallest absolute Gasteiger partial charge is 0.337 e. The summed E-state index contributed by atoms with van der Waals surface area (Å²) >= 11 is 0. The average molecular weight is 183 g/mol. The standard InChI is InChI=1S/C7H7NO2.2Na/c8-6-4-2-1-3-5(6)7(9)10;;/h1-4H,8H2,(H,9,10);;.